The number of carbonyl (C=O) groups is 1. The zero-order chi connectivity index (χ0) is 15.9. The molecule has 0 radical (unpaired) electrons. The number of halogens is 1. The normalized spacial score (nSPS) is 10.6. The molecule has 0 bridgehead atoms. The number of carboxylic acid groups (broad SMARTS) is 1. The van der Waals surface area contributed by atoms with E-state index in [4.69, 9.17) is 10.8 Å². The van der Waals surface area contributed by atoms with Gasteiger partial charge in [-0.15, -0.1) is 0 Å². The van der Waals surface area contributed by atoms with Crippen LogP contribution in [0.2, 0.25) is 0 Å². The Morgan fingerprint density at radius 2 is 1.55 bits per heavy atom. The molecule has 0 aliphatic heterocycles. The van der Waals surface area contributed by atoms with E-state index < -0.39 is 5.97 Å². The van der Waals surface area contributed by atoms with E-state index in [0.29, 0.717) is 19.4 Å². The molecule has 0 unspecified atom stereocenters. The summed E-state index contributed by atoms with van der Waals surface area (Å²) < 4.78 is 13.0. The van der Waals surface area contributed by atoms with Gasteiger partial charge in [-0.2, -0.15) is 0 Å². The molecule has 2 aromatic carbocycles. The summed E-state index contributed by atoms with van der Waals surface area (Å²) >= 11 is 0. The smallest absolute Gasteiger partial charge is 0.303 e. The molecule has 116 valence electrons. The largest absolute Gasteiger partial charge is 0.481 e. The van der Waals surface area contributed by atoms with E-state index >= 15 is 0 Å². The Bertz CT molecular complexity index is 638. The summed E-state index contributed by atoms with van der Waals surface area (Å²) in [6, 6.07) is 12.6. The first kappa shape index (κ1) is 16.2. The highest BCUT2D eigenvalue weighted by atomic mass is 19.1. The van der Waals surface area contributed by atoms with E-state index in [1.165, 1.54) is 12.1 Å². The first-order valence-electron chi connectivity index (χ1n) is 7.35. The van der Waals surface area contributed by atoms with Gasteiger partial charge in [0.2, 0.25) is 0 Å². The van der Waals surface area contributed by atoms with Crippen molar-refractivity contribution in [2.45, 2.75) is 25.7 Å². The predicted molar refractivity (Wildman–Crippen MR) is 84.4 cm³/mol. The molecule has 2 aromatic rings. The minimum absolute atomic E-state index is 0.113. The SMILES string of the molecule is NCCc1cc(CCC(=O)O)cc(Cc2ccc(F)cc2)c1. The molecule has 0 aliphatic rings. The Hall–Kier alpha value is -2.20. The van der Waals surface area contributed by atoms with Gasteiger partial charge in [-0.25, -0.2) is 4.39 Å². The van der Waals surface area contributed by atoms with Gasteiger partial charge in [0.15, 0.2) is 0 Å². The maximum atomic E-state index is 13.0. The highest BCUT2D eigenvalue weighted by Gasteiger charge is 2.05. The maximum absolute atomic E-state index is 13.0. The molecule has 0 aliphatic carbocycles. The van der Waals surface area contributed by atoms with E-state index in [-0.39, 0.29) is 12.2 Å². The Labute approximate surface area is 129 Å². The minimum Gasteiger partial charge on any atom is -0.481 e. The minimum atomic E-state index is -0.802. The summed E-state index contributed by atoms with van der Waals surface area (Å²) in [6.07, 6.45) is 2.07. The topological polar surface area (TPSA) is 63.3 Å². The van der Waals surface area contributed by atoms with Gasteiger partial charge in [0.1, 0.15) is 5.82 Å². The Morgan fingerprint density at radius 1 is 0.955 bits per heavy atom. The lowest BCUT2D eigenvalue weighted by atomic mass is 9.96. The predicted octanol–water partition coefficient (Wildman–Crippen LogP) is 2.93. The van der Waals surface area contributed by atoms with Crippen molar-refractivity contribution in [2.75, 3.05) is 6.54 Å². The van der Waals surface area contributed by atoms with Gasteiger partial charge in [-0.05, 0) is 60.2 Å². The van der Waals surface area contributed by atoms with Crippen molar-refractivity contribution in [3.8, 4) is 0 Å². The highest BCUT2D eigenvalue weighted by Crippen LogP contribution is 2.17. The fourth-order valence-corrected chi connectivity index (χ4v) is 2.49. The summed E-state index contributed by atoms with van der Waals surface area (Å²) in [4.78, 5) is 10.7. The van der Waals surface area contributed by atoms with E-state index in [1.807, 2.05) is 12.1 Å². The monoisotopic (exact) mass is 301 g/mol. The van der Waals surface area contributed by atoms with E-state index in [9.17, 15) is 9.18 Å². The van der Waals surface area contributed by atoms with Crippen LogP contribution in [0.1, 0.15) is 28.7 Å². The first-order valence-corrected chi connectivity index (χ1v) is 7.35. The second kappa shape index (κ2) is 7.71. The molecule has 4 heteroatoms. The lowest BCUT2D eigenvalue weighted by Crippen LogP contribution is -2.05. The molecule has 0 amide bonds. The Morgan fingerprint density at radius 3 is 2.14 bits per heavy atom. The van der Waals surface area contributed by atoms with Crippen LogP contribution in [-0.2, 0) is 24.1 Å². The number of hydrogen-bond donors (Lipinski definition) is 2. The van der Waals surface area contributed by atoms with Crippen LogP contribution < -0.4 is 5.73 Å². The van der Waals surface area contributed by atoms with Gasteiger partial charge in [0, 0.05) is 6.42 Å². The third-order valence-electron chi connectivity index (χ3n) is 3.49. The number of aryl methyl sites for hydroxylation is 1. The standard InChI is InChI=1S/C18H20FNO2/c19-17-4-1-13(2-5-17)9-16-11-14(3-6-18(21)22)10-15(12-16)7-8-20/h1-2,4-5,10-12H,3,6-9,20H2,(H,21,22). The molecule has 0 aromatic heterocycles. The maximum Gasteiger partial charge on any atom is 0.303 e. The van der Waals surface area contributed by atoms with Gasteiger partial charge in [-0.3, -0.25) is 4.79 Å². The lowest BCUT2D eigenvalue weighted by molar-refractivity contribution is -0.136. The molecule has 0 heterocycles. The molecule has 0 saturated heterocycles. The average molecular weight is 301 g/mol. The van der Waals surface area contributed by atoms with Crippen molar-refractivity contribution >= 4 is 5.97 Å². The summed E-state index contributed by atoms with van der Waals surface area (Å²) in [5.74, 6) is -1.05. The summed E-state index contributed by atoms with van der Waals surface area (Å²) in [7, 11) is 0. The van der Waals surface area contributed by atoms with E-state index in [0.717, 1.165) is 28.7 Å². The molecule has 0 saturated carbocycles. The van der Waals surface area contributed by atoms with Crippen molar-refractivity contribution in [2.24, 2.45) is 5.73 Å². The van der Waals surface area contributed by atoms with Gasteiger partial charge in [0.25, 0.3) is 0 Å². The van der Waals surface area contributed by atoms with Gasteiger partial charge >= 0.3 is 5.97 Å². The van der Waals surface area contributed by atoms with E-state index in [1.54, 1.807) is 12.1 Å². The summed E-state index contributed by atoms with van der Waals surface area (Å²) in [5, 5.41) is 8.82. The quantitative estimate of drug-likeness (QED) is 0.826. The van der Waals surface area contributed by atoms with Crippen LogP contribution in [0.4, 0.5) is 4.39 Å². The number of aliphatic carboxylic acids is 1. The van der Waals surface area contributed by atoms with Gasteiger partial charge < -0.3 is 10.8 Å². The summed E-state index contributed by atoms with van der Waals surface area (Å²) in [5.41, 5.74) is 9.85. The van der Waals surface area contributed by atoms with Crippen molar-refractivity contribution in [1.29, 1.82) is 0 Å². The molecule has 3 nitrogen and oxygen atoms in total. The number of benzene rings is 2. The Balaban J connectivity index is 2.20. The van der Waals surface area contributed by atoms with Crippen LogP contribution >= 0.6 is 0 Å². The van der Waals surface area contributed by atoms with Crippen LogP contribution in [0.25, 0.3) is 0 Å². The van der Waals surface area contributed by atoms with Crippen LogP contribution in [0.5, 0.6) is 0 Å². The highest BCUT2D eigenvalue weighted by molar-refractivity contribution is 5.67. The van der Waals surface area contributed by atoms with Crippen LogP contribution in [-0.4, -0.2) is 17.6 Å². The number of hydrogen-bond acceptors (Lipinski definition) is 2. The zero-order valence-corrected chi connectivity index (χ0v) is 12.4. The molecule has 3 N–H and O–H groups in total. The molecule has 0 atom stereocenters. The first-order chi connectivity index (χ1) is 10.6. The van der Waals surface area contributed by atoms with Crippen molar-refractivity contribution in [1.82, 2.24) is 0 Å². The summed E-state index contributed by atoms with van der Waals surface area (Å²) in [6.45, 7) is 0.554. The van der Waals surface area contributed by atoms with Crippen LogP contribution in [0.15, 0.2) is 42.5 Å². The second-order valence-corrected chi connectivity index (χ2v) is 5.39. The van der Waals surface area contributed by atoms with E-state index in [2.05, 4.69) is 6.07 Å². The molecule has 0 fully saturated rings. The second-order valence-electron chi connectivity index (χ2n) is 5.39. The third-order valence-corrected chi connectivity index (χ3v) is 3.49. The third kappa shape index (κ3) is 4.97. The molecule has 2 rings (SSSR count). The van der Waals surface area contributed by atoms with Crippen LogP contribution in [0.3, 0.4) is 0 Å². The number of nitrogens with two attached hydrogens (primary N) is 1. The van der Waals surface area contributed by atoms with Crippen molar-refractivity contribution < 1.29 is 14.3 Å². The molecular weight excluding hydrogens is 281 g/mol. The number of rotatable bonds is 7. The zero-order valence-electron chi connectivity index (χ0n) is 12.4. The van der Waals surface area contributed by atoms with Gasteiger partial charge in [-0.1, -0.05) is 30.3 Å². The lowest BCUT2D eigenvalue weighted by Gasteiger charge is -2.09. The van der Waals surface area contributed by atoms with Crippen LogP contribution in [0, 0.1) is 5.82 Å². The number of carboxylic acids is 1. The molecule has 0 spiro atoms. The van der Waals surface area contributed by atoms with Gasteiger partial charge in [0.05, 0.1) is 0 Å². The fourth-order valence-electron chi connectivity index (χ4n) is 2.49. The molecule has 22 heavy (non-hydrogen) atoms. The van der Waals surface area contributed by atoms with Crippen molar-refractivity contribution in [3.63, 3.8) is 0 Å². The fraction of sp³-hybridized carbons (Fsp3) is 0.278. The Kier molecular flexibility index (Phi) is 5.67. The molecular formula is C18H20FNO2. The average Bonchev–Trinajstić information content (AvgIpc) is 2.48. The van der Waals surface area contributed by atoms with Crippen molar-refractivity contribution in [3.05, 3.63) is 70.5 Å².